The van der Waals surface area contributed by atoms with Crippen LogP contribution in [0.4, 0.5) is 5.69 Å². The van der Waals surface area contributed by atoms with Gasteiger partial charge in [0.1, 0.15) is 5.75 Å². The second kappa shape index (κ2) is 4.47. The lowest BCUT2D eigenvalue weighted by atomic mass is 10.1. The zero-order chi connectivity index (χ0) is 11.6. The van der Waals surface area contributed by atoms with Gasteiger partial charge in [-0.25, -0.2) is 0 Å². The maximum atomic E-state index is 11.1. The molecule has 6 heteroatoms. The molecule has 0 fully saturated rings. The number of amides is 2. The van der Waals surface area contributed by atoms with Crippen molar-refractivity contribution in [3.8, 4) is 5.75 Å². The number of aromatic hydroxyl groups is 1. The molecule has 1 aromatic rings. The van der Waals surface area contributed by atoms with Crippen LogP contribution in [0.1, 0.15) is 17.3 Å². The van der Waals surface area contributed by atoms with Gasteiger partial charge in [0.2, 0.25) is 5.91 Å². The largest absolute Gasteiger partial charge is 0.507 e. The minimum absolute atomic E-state index is 0.00424. The van der Waals surface area contributed by atoms with Crippen molar-refractivity contribution in [1.29, 1.82) is 0 Å². The molecule has 0 unspecified atom stereocenters. The van der Waals surface area contributed by atoms with E-state index in [2.05, 4.69) is 0 Å². The summed E-state index contributed by atoms with van der Waals surface area (Å²) in [5.41, 5.74) is 5.55. The zero-order valence-corrected chi connectivity index (χ0v) is 10.1. The SMILES string of the molecule is CC(=O)N(I)c1ccc(O)c(C(N)=O)c1. The van der Waals surface area contributed by atoms with Gasteiger partial charge in [-0.1, -0.05) is 0 Å². The molecule has 0 aliphatic rings. The van der Waals surface area contributed by atoms with Gasteiger partial charge in [-0.3, -0.25) is 12.7 Å². The Labute approximate surface area is 100 Å². The summed E-state index contributed by atoms with van der Waals surface area (Å²) in [6.45, 7) is 1.39. The normalized spacial score (nSPS) is 9.73. The predicted octanol–water partition coefficient (Wildman–Crippen LogP) is 1.19. The monoisotopic (exact) mass is 320 g/mol. The summed E-state index contributed by atoms with van der Waals surface area (Å²) in [6.07, 6.45) is 0. The maximum Gasteiger partial charge on any atom is 0.252 e. The van der Waals surface area contributed by atoms with Gasteiger partial charge in [-0.05, 0) is 18.2 Å². The summed E-state index contributed by atoms with van der Waals surface area (Å²) in [4.78, 5) is 22.0. The highest BCUT2D eigenvalue weighted by atomic mass is 127. The number of carbonyl (C=O) groups is 2. The predicted molar refractivity (Wildman–Crippen MR) is 63.8 cm³/mol. The molecule has 1 rings (SSSR count). The van der Waals surface area contributed by atoms with Crippen LogP contribution in [0, 0.1) is 0 Å². The third-order valence-corrected chi connectivity index (χ3v) is 2.99. The van der Waals surface area contributed by atoms with E-state index in [4.69, 9.17) is 5.73 Å². The van der Waals surface area contributed by atoms with Crippen molar-refractivity contribution in [3.05, 3.63) is 23.8 Å². The summed E-state index contributed by atoms with van der Waals surface area (Å²) in [5, 5.41) is 9.32. The van der Waals surface area contributed by atoms with Crippen LogP contribution in [0.2, 0.25) is 0 Å². The molecule has 80 valence electrons. The molecule has 0 saturated heterocycles. The van der Waals surface area contributed by atoms with E-state index in [9.17, 15) is 14.7 Å². The molecular weight excluding hydrogens is 311 g/mol. The highest BCUT2D eigenvalue weighted by Gasteiger charge is 2.13. The van der Waals surface area contributed by atoms with Gasteiger partial charge in [0.25, 0.3) is 5.91 Å². The quantitative estimate of drug-likeness (QED) is 0.634. The Bertz CT molecular complexity index is 420. The molecule has 5 nitrogen and oxygen atoms in total. The van der Waals surface area contributed by atoms with E-state index in [0.29, 0.717) is 5.69 Å². The van der Waals surface area contributed by atoms with E-state index >= 15 is 0 Å². The van der Waals surface area contributed by atoms with E-state index < -0.39 is 5.91 Å². The minimum Gasteiger partial charge on any atom is -0.507 e. The van der Waals surface area contributed by atoms with Gasteiger partial charge >= 0.3 is 0 Å². The van der Waals surface area contributed by atoms with Crippen molar-refractivity contribution in [2.45, 2.75) is 6.92 Å². The molecular formula is C9H9IN2O3. The van der Waals surface area contributed by atoms with E-state index in [1.165, 1.54) is 28.2 Å². The number of phenols is 1. The zero-order valence-electron chi connectivity index (χ0n) is 7.90. The van der Waals surface area contributed by atoms with Gasteiger partial charge < -0.3 is 10.8 Å². The Balaban J connectivity index is 3.18. The van der Waals surface area contributed by atoms with Crippen molar-refractivity contribution in [1.82, 2.24) is 0 Å². The van der Waals surface area contributed by atoms with Crippen LogP contribution in [0.3, 0.4) is 0 Å². The van der Waals surface area contributed by atoms with Crippen LogP contribution in [-0.2, 0) is 4.79 Å². The van der Waals surface area contributed by atoms with Crippen LogP contribution in [-0.4, -0.2) is 16.9 Å². The molecule has 0 aliphatic carbocycles. The fourth-order valence-corrected chi connectivity index (χ4v) is 1.33. The molecule has 1 aromatic carbocycles. The fraction of sp³-hybridized carbons (Fsp3) is 0.111. The number of primary amides is 1. The van der Waals surface area contributed by atoms with Crippen LogP contribution < -0.4 is 8.85 Å². The number of nitrogens with two attached hydrogens (primary N) is 1. The van der Waals surface area contributed by atoms with Gasteiger partial charge in [-0.15, -0.1) is 0 Å². The minimum atomic E-state index is -0.734. The average molecular weight is 320 g/mol. The highest BCUT2D eigenvalue weighted by molar-refractivity contribution is 14.1. The molecule has 0 spiro atoms. The number of nitrogens with zero attached hydrogens (tertiary/aromatic N) is 1. The van der Waals surface area contributed by atoms with Gasteiger partial charge in [0.05, 0.1) is 34.1 Å². The van der Waals surface area contributed by atoms with Crippen LogP contribution in [0.5, 0.6) is 5.75 Å². The highest BCUT2D eigenvalue weighted by Crippen LogP contribution is 2.25. The Morgan fingerprint density at radius 3 is 2.53 bits per heavy atom. The van der Waals surface area contributed by atoms with Crippen LogP contribution in [0.25, 0.3) is 0 Å². The van der Waals surface area contributed by atoms with Gasteiger partial charge in [-0.2, -0.15) is 0 Å². The molecule has 0 atom stereocenters. The summed E-state index contributed by atoms with van der Waals surface area (Å²) < 4.78 is 1.32. The number of carbonyl (C=O) groups excluding carboxylic acids is 2. The molecule has 0 bridgehead atoms. The second-order valence-corrected chi connectivity index (χ2v) is 3.83. The smallest absolute Gasteiger partial charge is 0.252 e. The van der Waals surface area contributed by atoms with Crippen molar-refractivity contribution < 1.29 is 14.7 Å². The molecule has 0 aromatic heterocycles. The van der Waals surface area contributed by atoms with Gasteiger partial charge in [0.15, 0.2) is 0 Å². The van der Waals surface area contributed by atoms with Crippen molar-refractivity contribution in [2.75, 3.05) is 3.11 Å². The lowest BCUT2D eigenvalue weighted by Gasteiger charge is -2.13. The number of halogens is 1. The lowest BCUT2D eigenvalue weighted by molar-refractivity contribution is -0.115. The first-order chi connectivity index (χ1) is 6.93. The first-order valence-electron chi connectivity index (χ1n) is 4.02. The number of rotatable bonds is 2. The van der Waals surface area contributed by atoms with Crippen molar-refractivity contribution in [2.24, 2.45) is 5.73 Å². The molecule has 2 amide bonds. The van der Waals surface area contributed by atoms with Crippen LogP contribution in [0.15, 0.2) is 18.2 Å². The first-order valence-corrected chi connectivity index (χ1v) is 4.99. The van der Waals surface area contributed by atoms with Crippen molar-refractivity contribution >= 4 is 40.4 Å². The Morgan fingerprint density at radius 1 is 1.47 bits per heavy atom. The summed E-state index contributed by atoms with van der Waals surface area (Å²) in [7, 11) is 0. The van der Waals surface area contributed by atoms with Gasteiger partial charge in [0, 0.05) is 6.92 Å². The Hall–Kier alpha value is -1.31. The molecule has 3 N–H and O–H groups in total. The Morgan fingerprint density at radius 2 is 2.07 bits per heavy atom. The summed E-state index contributed by atoms with van der Waals surface area (Å²) in [6, 6.07) is 4.21. The van der Waals surface area contributed by atoms with Crippen LogP contribution >= 0.6 is 22.9 Å². The molecule has 0 radical (unpaired) electrons. The molecule has 15 heavy (non-hydrogen) atoms. The number of anilines is 1. The van der Waals surface area contributed by atoms with E-state index in [1.807, 2.05) is 0 Å². The third-order valence-electron chi connectivity index (χ3n) is 1.75. The maximum absolute atomic E-state index is 11.1. The van der Waals surface area contributed by atoms with E-state index in [1.54, 1.807) is 22.9 Å². The van der Waals surface area contributed by atoms with E-state index in [-0.39, 0.29) is 17.2 Å². The number of benzene rings is 1. The number of hydrogen-bond acceptors (Lipinski definition) is 3. The molecule has 0 aliphatic heterocycles. The topological polar surface area (TPSA) is 83.6 Å². The molecule has 0 heterocycles. The third kappa shape index (κ3) is 2.58. The van der Waals surface area contributed by atoms with Crippen molar-refractivity contribution in [3.63, 3.8) is 0 Å². The summed E-state index contributed by atoms with van der Waals surface area (Å²) >= 11 is 1.80. The average Bonchev–Trinajstić information content (AvgIpc) is 2.16. The molecule has 0 saturated carbocycles. The second-order valence-electron chi connectivity index (χ2n) is 2.87. The van der Waals surface area contributed by atoms with E-state index in [0.717, 1.165) is 0 Å². The fourth-order valence-electron chi connectivity index (χ4n) is 1.03. The standard InChI is InChI=1S/C9H9IN2O3/c1-5(13)12(10)6-2-3-8(14)7(4-6)9(11)15/h2-4,14H,1H3,(H2,11,15). The first kappa shape index (κ1) is 11.8. The summed E-state index contributed by atoms with van der Waals surface area (Å²) in [5.74, 6) is -1.11. The lowest BCUT2D eigenvalue weighted by Crippen LogP contribution is -2.17. The number of hydrogen-bond donors (Lipinski definition) is 2. The Kier molecular flexibility index (Phi) is 3.51.